The van der Waals surface area contributed by atoms with Gasteiger partial charge >= 0.3 is 6.18 Å². The van der Waals surface area contributed by atoms with Crippen molar-refractivity contribution in [2.75, 3.05) is 26.8 Å². The number of carbonyl (C=O) groups excluding carboxylic acids is 1. The molecule has 0 saturated carbocycles. The fourth-order valence-electron chi connectivity index (χ4n) is 3.87. The van der Waals surface area contributed by atoms with Gasteiger partial charge in [-0.25, -0.2) is 9.50 Å². The molecule has 0 bridgehead atoms. The molecule has 3 aromatic rings. The van der Waals surface area contributed by atoms with Gasteiger partial charge in [0.15, 0.2) is 23.8 Å². The van der Waals surface area contributed by atoms with Gasteiger partial charge in [0.05, 0.1) is 12.8 Å². The third kappa shape index (κ3) is 4.35. The number of rotatable bonds is 5. The van der Waals surface area contributed by atoms with Crippen LogP contribution in [0.4, 0.5) is 13.2 Å². The molecular weight excluding hydrogens is 425 g/mol. The number of fused-ring (bicyclic) bond motifs is 1. The lowest BCUT2D eigenvalue weighted by Gasteiger charge is -2.17. The van der Waals surface area contributed by atoms with Crippen molar-refractivity contribution in [2.45, 2.75) is 32.4 Å². The van der Waals surface area contributed by atoms with Crippen LogP contribution in [0, 0.1) is 13.8 Å². The van der Waals surface area contributed by atoms with Crippen LogP contribution in [0.2, 0.25) is 0 Å². The Labute approximate surface area is 182 Å². The van der Waals surface area contributed by atoms with E-state index in [-0.39, 0.29) is 29.8 Å². The van der Waals surface area contributed by atoms with E-state index >= 15 is 0 Å². The molecule has 0 unspecified atom stereocenters. The van der Waals surface area contributed by atoms with Crippen LogP contribution in [-0.2, 0) is 11.0 Å². The lowest BCUT2D eigenvalue weighted by Crippen LogP contribution is -2.32. The Kier molecular flexibility index (Phi) is 5.70. The molecule has 1 atom stereocenters. The molecule has 0 spiro atoms. The second-order valence-corrected chi connectivity index (χ2v) is 7.89. The van der Waals surface area contributed by atoms with Crippen LogP contribution < -0.4 is 9.47 Å². The van der Waals surface area contributed by atoms with Gasteiger partial charge in [0.2, 0.25) is 0 Å². The summed E-state index contributed by atoms with van der Waals surface area (Å²) in [6.07, 6.45) is -3.94. The summed E-state index contributed by atoms with van der Waals surface area (Å²) in [6.45, 7) is 4.12. The Morgan fingerprint density at radius 1 is 1.19 bits per heavy atom. The highest BCUT2D eigenvalue weighted by atomic mass is 19.4. The van der Waals surface area contributed by atoms with Crippen LogP contribution in [0.3, 0.4) is 0 Å². The first-order valence-corrected chi connectivity index (χ1v) is 10.2. The predicted octanol–water partition coefficient (Wildman–Crippen LogP) is 3.77. The molecule has 1 aromatic carbocycles. The van der Waals surface area contributed by atoms with Crippen LogP contribution in [0.25, 0.3) is 5.65 Å². The zero-order valence-electron chi connectivity index (χ0n) is 17.9. The summed E-state index contributed by atoms with van der Waals surface area (Å²) in [7, 11) is 1.53. The fraction of sp³-hybridized carbons (Fsp3) is 0.409. The summed E-state index contributed by atoms with van der Waals surface area (Å²) in [5, 5.41) is 4.17. The van der Waals surface area contributed by atoms with E-state index < -0.39 is 11.9 Å². The van der Waals surface area contributed by atoms with E-state index in [9.17, 15) is 18.0 Å². The number of hydrogen-bond acceptors (Lipinski definition) is 5. The summed E-state index contributed by atoms with van der Waals surface area (Å²) < 4.78 is 51.9. The minimum absolute atomic E-state index is 0.145. The first-order valence-electron chi connectivity index (χ1n) is 10.2. The SMILES string of the molecule is COc1cc(C)ccc1OCC(=O)N1CC[C@H](c2cc3nc(C)cc(C(F)(F)F)n3n2)C1. The van der Waals surface area contributed by atoms with Gasteiger partial charge in [0.25, 0.3) is 5.91 Å². The van der Waals surface area contributed by atoms with Crippen LogP contribution >= 0.6 is 0 Å². The summed E-state index contributed by atoms with van der Waals surface area (Å²) in [5.74, 6) is 0.647. The molecular formula is C22H23F3N4O3. The Morgan fingerprint density at radius 2 is 1.97 bits per heavy atom. The van der Waals surface area contributed by atoms with E-state index in [2.05, 4.69) is 10.1 Å². The van der Waals surface area contributed by atoms with E-state index in [4.69, 9.17) is 9.47 Å². The first kappa shape index (κ1) is 21.9. The first-order chi connectivity index (χ1) is 15.2. The molecule has 170 valence electrons. The number of aromatic nitrogens is 3. The number of likely N-dealkylation sites (tertiary alicyclic amines) is 1. The van der Waals surface area contributed by atoms with Crippen molar-refractivity contribution < 1.29 is 27.4 Å². The third-order valence-electron chi connectivity index (χ3n) is 5.49. The topological polar surface area (TPSA) is 69.0 Å². The third-order valence-corrected chi connectivity index (χ3v) is 5.49. The number of alkyl halides is 3. The highest BCUT2D eigenvalue weighted by Gasteiger charge is 2.36. The molecule has 0 radical (unpaired) electrons. The highest BCUT2D eigenvalue weighted by molar-refractivity contribution is 5.78. The van der Waals surface area contributed by atoms with Crippen LogP contribution in [-0.4, -0.2) is 52.2 Å². The number of amides is 1. The second-order valence-electron chi connectivity index (χ2n) is 7.89. The number of aryl methyl sites for hydroxylation is 2. The number of halogens is 3. The van der Waals surface area contributed by atoms with Crippen molar-refractivity contribution in [3.05, 3.63) is 53.0 Å². The maximum absolute atomic E-state index is 13.4. The number of benzene rings is 1. The number of hydrogen-bond donors (Lipinski definition) is 0. The number of ether oxygens (including phenoxy) is 2. The molecule has 0 N–H and O–H groups in total. The summed E-state index contributed by atoms with van der Waals surface area (Å²) in [6, 6.07) is 7.97. The van der Waals surface area contributed by atoms with Crippen molar-refractivity contribution in [1.29, 1.82) is 0 Å². The molecule has 1 saturated heterocycles. The van der Waals surface area contributed by atoms with Gasteiger partial charge in [-0.1, -0.05) is 6.07 Å². The normalized spacial score (nSPS) is 16.6. The summed E-state index contributed by atoms with van der Waals surface area (Å²) in [5.41, 5.74) is 1.05. The van der Waals surface area contributed by atoms with Gasteiger partial charge in [-0.05, 0) is 44.0 Å². The maximum Gasteiger partial charge on any atom is 0.433 e. The number of nitrogens with zero attached hydrogens (tertiary/aromatic N) is 4. The van der Waals surface area contributed by atoms with Crippen molar-refractivity contribution in [3.8, 4) is 11.5 Å². The van der Waals surface area contributed by atoms with Crippen molar-refractivity contribution in [2.24, 2.45) is 0 Å². The quantitative estimate of drug-likeness (QED) is 0.595. The van der Waals surface area contributed by atoms with Gasteiger partial charge in [-0.2, -0.15) is 18.3 Å². The van der Waals surface area contributed by atoms with Crippen molar-refractivity contribution in [1.82, 2.24) is 19.5 Å². The molecule has 32 heavy (non-hydrogen) atoms. The zero-order valence-corrected chi connectivity index (χ0v) is 17.9. The standard InChI is InChI=1S/C22H23F3N4O3/c1-13-4-5-17(18(8-13)31-3)32-12-21(30)28-7-6-15(11-28)16-10-20-26-14(2)9-19(22(23,24)25)29(20)27-16/h4-5,8-10,15H,6-7,11-12H2,1-3H3/t15-/m0/s1. The lowest BCUT2D eigenvalue weighted by molar-refractivity contribution is -0.142. The average Bonchev–Trinajstić information content (AvgIpc) is 3.38. The molecule has 10 heteroatoms. The van der Waals surface area contributed by atoms with E-state index in [0.29, 0.717) is 36.7 Å². The highest BCUT2D eigenvalue weighted by Crippen LogP contribution is 2.32. The van der Waals surface area contributed by atoms with E-state index in [1.165, 1.54) is 14.0 Å². The van der Waals surface area contributed by atoms with Crippen LogP contribution in [0.5, 0.6) is 11.5 Å². The van der Waals surface area contributed by atoms with Gasteiger partial charge < -0.3 is 14.4 Å². The van der Waals surface area contributed by atoms with E-state index in [0.717, 1.165) is 16.1 Å². The van der Waals surface area contributed by atoms with Crippen molar-refractivity contribution in [3.63, 3.8) is 0 Å². The van der Waals surface area contributed by atoms with Crippen molar-refractivity contribution >= 4 is 11.6 Å². The smallest absolute Gasteiger partial charge is 0.433 e. The Morgan fingerprint density at radius 3 is 2.69 bits per heavy atom. The summed E-state index contributed by atoms with van der Waals surface area (Å²) >= 11 is 0. The number of carbonyl (C=O) groups is 1. The monoisotopic (exact) mass is 448 g/mol. The van der Waals surface area contributed by atoms with Gasteiger partial charge in [0.1, 0.15) is 5.69 Å². The lowest BCUT2D eigenvalue weighted by atomic mass is 10.1. The predicted molar refractivity (Wildman–Crippen MR) is 110 cm³/mol. The molecule has 7 nitrogen and oxygen atoms in total. The molecule has 1 amide bonds. The number of methoxy groups -OCH3 is 1. The summed E-state index contributed by atoms with van der Waals surface area (Å²) in [4.78, 5) is 18.4. The van der Waals surface area contributed by atoms with Gasteiger partial charge in [0, 0.05) is 30.8 Å². The van der Waals surface area contributed by atoms with Crippen LogP contribution in [0.15, 0.2) is 30.3 Å². The maximum atomic E-state index is 13.4. The van der Waals surface area contributed by atoms with E-state index in [1.54, 1.807) is 17.0 Å². The Balaban J connectivity index is 1.45. The zero-order chi connectivity index (χ0) is 23.0. The molecule has 4 rings (SSSR count). The molecule has 0 aliphatic carbocycles. The molecule has 1 fully saturated rings. The fourth-order valence-corrected chi connectivity index (χ4v) is 3.87. The molecule has 1 aliphatic heterocycles. The van der Waals surface area contributed by atoms with Gasteiger partial charge in [-0.3, -0.25) is 4.79 Å². The average molecular weight is 448 g/mol. The Bertz CT molecular complexity index is 1160. The van der Waals surface area contributed by atoms with Crippen LogP contribution in [0.1, 0.15) is 35.0 Å². The van der Waals surface area contributed by atoms with Gasteiger partial charge in [-0.15, -0.1) is 0 Å². The Hall–Kier alpha value is -3.30. The molecule has 1 aliphatic rings. The minimum Gasteiger partial charge on any atom is -0.493 e. The molecule has 2 aromatic heterocycles. The largest absolute Gasteiger partial charge is 0.493 e. The van der Waals surface area contributed by atoms with E-state index in [1.807, 2.05) is 19.1 Å². The second kappa shape index (κ2) is 8.33. The minimum atomic E-state index is -4.54. The molecule has 3 heterocycles.